The molecule has 0 spiro atoms. The summed E-state index contributed by atoms with van der Waals surface area (Å²) in [7, 11) is 2.12. The molecule has 0 aliphatic heterocycles. The number of ether oxygens (including phenoxy) is 1. The Morgan fingerprint density at radius 1 is 1.25 bits per heavy atom. The molecule has 2 heteroatoms. The van der Waals surface area contributed by atoms with Crippen molar-refractivity contribution in [3.05, 3.63) is 0 Å². The summed E-state index contributed by atoms with van der Waals surface area (Å²) in [6.07, 6.45) is 1.18. The number of nitrogens with zero attached hydrogens (tertiary/aromatic N) is 1. The third-order valence-corrected chi connectivity index (χ3v) is 2.00. The van der Waals surface area contributed by atoms with Crippen LogP contribution in [-0.2, 0) is 4.74 Å². The topological polar surface area (TPSA) is 12.5 Å². The summed E-state index contributed by atoms with van der Waals surface area (Å²) in [5.41, 5.74) is 0. The summed E-state index contributed by atoms with van der Waals surface area (Å²) in [6.45, 7) is 10.5. The largest absolute Gasteiger partial charge is 0.380 e. The highest BCUT2D eigenvalue weighted by atomic mass is 16.5. The molecule has 0 aromatic rings. The highest BCUT2D eigenvalue weighted by Crippen LogP contribution is 1.98. The van der Waals surface area contributed by atoms with Gasteiger partial charge >= 0.3 is 0 Å². The van der Waals surface area contributed by atoms with Crippen molar-refractivity contribution in [3.8, 4) is 0 Å². The first-order valence-corrected chi connectivity index (χ1v) is 4.93. The maximum absolute atomic E-state index is 5.48. The van der Waals surface area contributed by atoms with Crippen molar-refractivity contribution in [2.24, 2.45) is 5.92 Å². The van der Waals surface area contributed by atoms with E-state index in [0.29, 0.717) is 0 Å². The standard InChI is InChI=1S/C10H23NO/c1-5-11(4)7-9-12-8-6-10(2)3/h10H,5-9H2,1-4H3. The smallest absolute Gasteiger partial charge is 0.0593 e. The van der Waals surface area contributed by atoms with Gasteiger partial charge in [-0.25, -0.2) is 0 Å². The second-order valence-corrected chi connectivity index (χ2v) is 3.69. The number of rotatable bonds is 7. The van der Waals surface area contributed by atoms with Gasteiger partial charge < -0.3 is 9.64 Å². The molecule has 0 aliphatic rings. The van der Waals surface area contributed by atoms with Crippen LogP contribution in [-0.4, -0.2) is 38.3 Å². The lowest BCUT2D eigenvalue weighted by Gasteiger charge is -2.13. The van der Waals surface area contributed by atoms with Crippen LogP contribution in [0, 0.1) is 5.92 Å². The van der Waals surface area contributed by atoms with Gasteiger partial charge in [0.05, 0.1) is 6.61 Å². The van der Waals surface area contributed by atoms with Gasteiger partial charge in [0.25, 0.3) is 0 Å². The van der Waals surface area contributed by atoms with Gasteiger partial charge in [0.15, 0.2) is 0 Å². The lowest BCUT2D eigenvalue weighted by atomic mass is 10.1. The zero-order valence-corrected chi connectivity index (χ0v) is 8.97. The Labute approximate surface area is 76.9 Å². The molecule has 0 amide bonds. The Morgan fingerprint density at radius 3 is 2.42 bits per heavy atom. The number of likely N-dealkylation sites (N-methyl/N-ethyl adjacent to an activating group) is 1. The molecule has 0 aliphatic carbocycles. The van der Waals surface area contributed by atoms with E-state index in [1.807, 2.05) is 0 Å². The summed E-state index contributed by atoms with van der Waals surface area (Å²) in [5.74, 6) is 0.758. The quantitative estimate of drug-likeness (QED) is 0.546. The van der Waals surface area contributed by atoms with Gasteiger partial charge in [0, 0.05) is 13.2 Å². The normalized spacial score (nSPS) is 11.5. The van der Waals surface area contributed by atoms with Gasteiger partial charge in [0.2, 0.25) is 0 Å². The van der Waals surface area contributed by atoms with Crippen LogP contribution in [0.2, 0.25) is 0 Å². The van der Waals surface area contributed by atoms with Crippen molar-refractivity contribution in [2.75, 3.05) is 33.4 Å². The molecular weight excluding hydrogens is 150 g/mol. The maximum atomic E-state index is 5.48. The Balaban J connectivity index is 3.00. The Morgan fingerprint density at radius 2 is 1.92 bits per heavy atom. The van der Waals surface area contributed by atoms with Crippen LogP contribution in [0.15, 0.2) is 0 Å². The van der Waals surface area contributed by atoms with Crippen LogP contribution in [0.5, 0.6) is 0 Å². The average Bonchev–Trinajstić information content (AvgIpc) is 2.03. The third-order valence-electron chi connectivity index (χ3n) is 2.00. The van der Waals surface area contributed by atoms with Crippen molar-refractivity contribution in [2.45, 2.75) is 27.2 Å². The van der Waals surface area contributed by atoms with Gasteiger partial charge in [-0.3, -0.25) is 0 Å². The van der Waals surface area contributed by atoms with E-state index in [0.717, 1.165) is 32.2 Å². The molecule has 0 unspecified atom stereocenters. The fraction of sp³-hybridized carbons (Fsp3) is 1.00. The first-order valence-electron chi connectivity index (χ1n) is 4.93. The lowest BCUT2D eigenvalue weighted by molar-refractivity contribution is 0.104. The van der Waals surface area contributed by atoms with Gasteiger partial charge in [-0.2, -0.15) is 0 Å². The van der Waals surface area contributed by atoms with Crippen LogP contribution < -0.4 is 0 Å². The van der Waals surface area contributed by atoms with Gasteiger partial charge in [0.1, 0.15) is 0 Å². The second kappa shape index (κ2) is 7.56. The second-order valence-electron chi connectivity index (χ2n) is 3.69. The minimum Gasteiger partial charge on any atom is -0.380 e. The summed E-state index contributed by atoms with van der Waals surface area (Å²) >= 11 is 0. The summed E-state index contributed by atoms with van der Waals surface area (Å²) in [4.78, 5) is 2.26. The van der Waals surface area contributed by atoms with Crippen LogP contribution >= 0.6 is 0 Å². The van der Waals surface area contributed by atoms with E-state index in [-0.39, 0.29) is 0 Å². The fourth-order valence-corrected chi connectivity index (χ4v) is 0.800. The van der Waals surface area contributed by atoms with E-state index >= 15 is 0 Å². The first kappa shape index (κ1) is 11.9. The molecule has 0 saturated carbocycles. The van der Waals surface area contributed by atoms with E-state index in [2.05, 4.69) is 32.7 Å². The molecular formula is C10H23NO. The molecule has 2 nitrogen and oxygen atoms in total. The number of hydrogen-bond acceptors (Lipinski definition) is 2. The molecule has 12 heavy (non-hydrogen) atoms. The van der Waals surface area contributed by atoms with E-state index in [9.17, 15) is 0 Å². The summed E-state index contributed by atoms with van der Waals surface area (Å²) in [6, 6.07) is 0. The van der Waals surface area contributed by atoms with E-state index in [1.54, 1.807) is 0 Å². The van der Waals surface area contributed by atoms with Gasteiger partial charge in [-0.1, -0.05) is 20.8 Å². The van der Waals surface area contributed by atoms with E-state index in [4.69, 9.17) is 4.74 Å². The van der Waals surface area contributed by atoms with Crippen LogP contribution in [0.4, 0.5) is 0 Å². The predicted octanol–water partition coefficient (Wildman–Crippen LogP) is 2.00. The SMILES string of the molecule is CCN(C)CCOCCC(C)C. The zero-order valence-electron chi connectivity index (χ0n) is 8.97. The molecule has 0 N–H and O–H groups in total. The highest BCUT2D eigenvalue weighted by molar-refractivity contribution is 4.46. The first-order chi connectivity index (χ1) is 5.66. The average molecular weight is 173 g/mol. The molecule has 0 atom stereocenters. The van der Waals surface area contributed by atoms with Crippen LogP contribution in [0.3, 0.4) is 0 Å². The van der Waals surface area contributed by atoms with E-state index < -0.39 is 0 Å². The summed E-state index contributed by atoms with van der Waals surface area (Å²) in [5, 5.41) is 0. The fourth-order valence-electron chi connectivity index (χ4n) is 0.800. The minimum absolute atomic E-state index is 0.758. The molecule has 0 aromatic heterocycles. The molecule has 0 bridgehead atoms. The van der Waals surface area contributed by atoms with E-state index in [1.165, 1.54) is 6.42 Å². The third kappa shape index (κ3) is 8.02. The van der Waals surface area contributed by atoms with Gasteiger partial charge in [-0.05, 0) is 25.9 Å². The zero-order chi connectivity index (χ0) is 9.40. The molecule has 0 saturated heterocycles. The van der Waals surface area contributed by atoms with Gasteiger partial charge in [-0.15, -0.1) is 0 Å². The monoisotopic (exact) mass is 173 g/mol. The Kier molecular flexibility index (Phi) is 7.51. The molecule has 0 fully saturated rings. The van der Waals surface area contributed by atoms with Crippen LogP contribution in [0.25, 0.3) is 0 Å². The maximum Gasteiger partial charge on any atom is 0.0593 e. The lowest BCUT2D eigenvalue weighted by Crippen LogP contribution is -2.22. The van der Waals surface area contributed by atoms with Crippen molar-refractivity contribution in [1.29, 1.82) is 0 Å². The molecule has 0 heterocycles. The summed E-state index contributed by atoms with van der Waals surface area (Å²) < 4.78 is 5.48. The molecule has 0 rings (SSSR count). The number of hydrogen-bond donors (Lipinski definition) is 0. The van der Waals surface area contributed by atoms with Crippen molar-refractivity contribution in [1.82, 2.24) is 4.90 Å². The molecule has 0 radical (unpaired) electrons. The molecule has 74 valence electrons. The van der Waals surface area contributed by atoms with Crippen LogP contribution in [0.1, 0.15) is 27.2 Å². The highest BCUT2D eigenvalue weighted by Gasteiger charge is 1.95. The predicted molar refractivity (Wildman–Crippen MR) is 53.4 cm³/mol. The Hall–Kier alpha value is -0.0800. The van der Waals surface area contributed by atoms with Crippen molar-refractivity contribution in [3.63, 3.8) is 0 Å². The van der Waals surface area contributed by atoms with Crippen molar-refractivity contribution >= 4 is 0 Å². The minimum atomic E-state index is 0.758. The van der Waals surface area contributed by atoms with Crippen molar-refractivity contribution < 1.29 is 4.74 Å². The molecule has 0 aromatic carbocycles. The Bertz CT molecular complexity index is 93.8.